The maximum absolute atomic E-state index is 7.36. The number of hydrogen-bond donors (Lipinski definition) is 0. The van der Waals surface area contributed by atoms with Crippen molar-refractivity contribution in [3.05, 3.63) is 257 Å². The van der Waals surface area contributed by atoms with Gasteiger partial charge in [0.05, 0.1) is 23.4 Å². The molecule has 0 unspecified atom stereocenters. The van der Waals surface area contributed by atoms with Gasteiger partial charge in [0.25, 0.3) is 0 Å². The minimum Gasteiger partial charge on any atom is -0.457 e. The van der Waals surface area contributed by atoms with Crippen molar-refractivity contribution in [2.45, 2.75) is 130 Å². The molecule has 0 fully saturated rings. The standard InChI is InChI=1S/C76H80N4O/c1-50(2)64-31-24-32-65(51(3)4)72(64)70-48-78(60-40-53(52-25-18-15-19-26-52)39-58(41-60)74(8,9)10)49-79(70)61-42-59(76(13,14)55-29-22-17-23-30-55)43-63(46-61)81-62-34-36-67-66-35-33-56(73(5,6)7)44-68(66)80(69(67)47-62)71-45-57(37-38-77-71)75(11,12)54-27-20-16-21-28-54/h15-48,50-51H,49H2,1-14H3. The fourth-order valence-electron chi connectivity index (χ4n) is 12.0. The van der Waals surface area contributed by atoms with Crippen LogP contribution < -0.4 is 14.5 Å². The van der Waals surface area contributed by atoms with Gasteiger partial charge in [-0.25, -0.2) is 4.98 Å². The van der Waals surface area contributed by atoms with Gasteiger partial charge in [-0.15, -0.1) is 0 Å². The van der Waals surface area contributed by atoms with E-state index < -0.39 is 0 Å². The molecule has 410 valence electrons. The Morgan fingerprint density at radius 1 is 0.432 bits per heavy atom. The third-order valence-electron chi connectivity index (χ3n) is 17.2. The molecule has 1 aliphatic heterocycles. The van der Waals surface area contributed by atoms with Crippen LogP contribution >= 0.6 is 0 Å². The summed E-state index contributed by atoms with van der Waals surface area (Å²) in [4.78, 5) is 10.2. The van der Waals surface area contributed by atoms with Crippen molar-refractivity contribution in [1.29, 1.82) is 0 Å². The molecule has 3 heterocycles. The summed E-state index contributed by atoms with van der Waals surface area (Å²) in [5.74, 6) is 2.99. The lowest BCUT2D eigenvalue weighted by molar-refractivity contribution is 0.480. The molecule has 0 saturated heterocycles. The molecule has 8 aromatic carbocycles. The number of pyridine rings is 1. The van der Waals surface area contributed by atoms with Crippen molar-refractivity contribution in [2.24, 2.45) is 0 Å². The maximum atomic E-state index is 7.36. The van der Waals surface area contributed by atoms with Gasteiger partial charge in [0, 0.05) is 63.1 Å². The summed E-state index contributed by atoms with van der Waals surface area (Å²) in [7, 11) is 0. The molecule has 0 radical (unpaired) electrons. The molecule has 11 rings (SSSR count). The van der Waals surface area contributed by atoms with Crippen LogP contribution in [0.25, 0.3) is 44.4 Å². The average molecular weight is 1070 g/mol. The van der Waals surface area contributed by atoms with Crippen molar-refractivity contribution in [1.82, 2.24) is 9.55 Å². The topological polar surface area (TPSA) is 33.5 Å². The van der Waals surface area contributed by atoms with E-state index in [0.717, 1.165) is 50.7 Å². The lowest BCUT2D eigenvalue weighted by atomic mass is 9.78. The summed E-state index contributed by atoms with van der Waals surface area (Å²) >= 11 is 0. The van der Waals surface area contributed by atoms with Crippen molar-refractivity contribution >= 4 is 38.9 Å². The van der Waals surface area contributed by atoms with E-state index in [2.05, 4.69) is 312 Å². The molecule has 0 aliphatic carbocycles. The summed E-state index contributed by atoms with van der Waals surface area (Å²) in [6.45, 7) is 33.0. The lowest BCUT2D eigenvalue weighted by Crippen LogP contribution is -2.28. The first kappa shape index (κ1) is 54.8. The molecule has 10 aromatic rings. The number of anilines is 2. The Morgan fingerprint density at radius 2 is 1.00 bits per heavy atom. The third kappa shape index (κ3) is 10.6. The molecule has 1 aliphatic rings. The monoisotopic (exact) mass is 1060 g/mol. The number of nitrogens with zero attached hydrogens (tertiary/aromatic N) is 4. The predicted molar refractivity (Wildman–Crippen MR) is 344 cm³/mol. The number of fused-ring (bicyclic) bond motifs is 3. The highest BCUT2D eigenvalue weighted by atomic mass is 16.5. The Kier molecular flexibility index (Phi) is 14.2. The second-order valence-corrected chi connectivity index (χ2v) is 26.3. The van der Waals surface area contributed by atoms with Crippen LogP contribution in [0.3, 0.4) is 0 Å². The fourth-order valence-corrected chi connectivity index (χ4v) is 12.0. The van der Waals surface area contributed by atoms with Crippen molar-refractivity contribution in [3.63, 3.8) is 0 Å². The molecule has 0 spiro atoms. The molecular formula is C76H80N4O. The lowest BCUT2D eigenvalue weighted by Gasteiger charge is -2.31. The number of rotatable bonds is 13. The summed E-state index contributed by atoms with van der Waals surface area (Å²) in [5.41, 5.74) is 18.6. The second-order valence-electron chi connectivity index (χ2n) is 26.3. The van der Waals surface area contributed by atoms with Gasteiger partial charge in [0.1, 0.15) is 17.3 Å². The molecule has 0 saturated carbocycles. The molecule has 2 aromatic heterocycles. The van der Waals surface area contributed by atoms with E-state index in [0.29, 0.717) is 18.5 Å². The fraction of sp³-hybridized carbons (Fsp3) is 0.276. The van der Waals surface area contributed by atoms with E-state index in [1.807, 2.05) is 6.20 Å². The molecule has 5 nitrogen and oxygen atoms in total. The van der Waals surface area contributed by atoms with Gasteiger partial charge in [-0.3, -0.25) is 4.57 Å². The minimum absolute atomic E-state index is 0.0548. The Balaban J connectivity index is 1.10. The van der Waals surface area contributed by atoms with Crippen molar-refractivity contribution < 1.29 is 4.74 Å². The third-order valence-corrected chi connectivity index (χ3v) is 17.2. The van der Waals surface area contributed by atoms with Gasteiger partial charge in [0.2, 0.25) is 0 Å². The summed E-state index contributed by atoms with van der Waals surface area (Å²) in [6, 6.07) is 71.5. The predicted octanol–water partition coefficient (Wildman–Crippen LogP) is 20.4. The van der Waals surface area contributed by atoms with E-state index in [1.165, 1.54) is 66.7 Å². The molecule has 0 atom stereocenters. The van der Waals surface area contributed by atoms with E-state index in [1.54, 1.807) is 0 Å². The average Bonchev–Trinajstić information content (AvgIpc) is 4.17. The van der Waals surface area contributed by atoms with Gasteiger partial charge in [-0.2, -0.15) is 0 Å². The Morgan fingerprint density at radius 3 is 1.60 bits per heavy atom. The quantitative estimate of drug-likeness (QED) is 0.115. The zero-order chi connectivity index (χ0) is 57.2. The zero-order valence-electron chi connectivity index (χ0n) is 50.2. The Bertz CT molecular complexity index is 3930. The summed E-state index contributed by atoms with van der Waals surface area (Å²) < 4.78 is 9.71. The summed E-state index contributed by atoms with van der Waals surface area (Å²) in [5, 5.41) is 2.33. The largest absolute Gasteiger partial charge is 0.457 e. The molecular weight excluding hydrogens is 985 g/mol. The Hall–Kier alpha value is -8.15. The zero-order valence-corrected chi connectivity index (χ0v) is 50.2. The highest BCUT2D eigenvalue weighted by Gasteiger charge is 2.33. The van der Waals surface area contributed by atoms with Crippen LogP contribution in [0, 0.1) is 0 Å². The molecule has 5 heteroatoms. The first-order valence-electron chi connectivity index (χ1n) is 29.2. The molecule has 81 heavy (non-hydrogen) atoms. The van der Waals surface area contributed by atoms with Crippen LogP contribution in [0.2, 0.25) is 0 Å². The summed E-state index contributed by atoms with van der Waals surface area (Å²) in [6.07, 6.45) is 4.39. The van der Waals surface area contributed by atoms with Crippen LogP contribution in [0.5, 0.6) is 11.5 Å². The molecule has 0 amide bonds. The van der Waals surface area contributed by atoms with Gasteiger partial charge >= 0.3 is 0 Å². The SMILES string of the molecule is CC(C)c1cccc(C(C)C)c1C1=CN(c2cc(-c3ccccc3)cc(C(C)(C)C)c2)CN1c1cc(Oc2ccc3c4ccc(C(C)(C)C)cc4n(-c4cc(C(C)(C)c5ccccc5)ccn4)c3c2)cc(C(C)(C)c2ccccc2)c1. The van der Waals surface area contributed by atoms with Crippen molar-refractivity contribution in [3.8, 4) is 28.4 Å². The van der Waals surface area contributed by atoms with Crippen LogP contribution in [0.4, 0.5) is 11.4 Å². The highest BCUT2D eigenvalue weighted by molar-refractivity contribution is 6.09. The van der Waals surface area contributed by atoms with Gasteiger partial charge in [-0.05, 0) is 133 Å². The molecule has 0 bridgehead atoms. The van der Waals surface area contributed by atoms with E-state index in [4.69, 9.17) is 9.72 Å². The van der Waals surface area contributed by atoms with Gasteiger partial charge in [0.15, 0.2) is 0 Å². The van der Waals surface area contributed by atoms with Crippen LogP contribution in [-0.4, -0.2) is 16.2 Å². The molecule has 0 N–H and O–H groups in total. The second kappa shape index (κ2) is 21.1. The smallest absolute Gasteiger partial charge is 0.137 e. The van der Waals surface area contributed by atoms with Gasteiger partial charge in [-0.1, -0.05) is 224 Å². The van der Waals surface area contributed by atoms with Crippen LogP contribution in [-0.2, 0) is 21.7 Å². The van der Waals surface area contributed by atoms with Crippen LogP contribution in [0.15, 0.2) is 207 Å². The van der Waals surface area contributed by atoms with Gasteiger partial charge < -0.3 is 14.5 Å². The normalized spacial score (nSPS) is 13.5. The highest BCUT2D eigenvalue weighted by Crippen LogP contribution is 2.46. The first-order chi connectivity index (χ1) is 38.6. The number of benzene rings is 8. The first-order valence-corrected chi connectivity index (χ1v) is 29.2. The number of hydrogen-bond acceptors (Lipinski definition) is 4. The maximum Gasteiger partial charge on any atom is 0.137 e. The Labute approximate surface area is 482 Å². The van der Waals surface area contributed by atoms with E-state index in [-0.39, 0.29) is 21.7 Å². The van der Waals surface area contributed by atoms with Crippen LogP contribution in [0.1, 0.15) is 159 Å². The van der Waals surface area contributed by atoms with E-state index >= 15 is 0 Å². The van der Waals surface area contributed by atoms with E-state index in [9.17, 15) is 0 Å². The number of ether oxygens (including phenoxy) is 1. The number of aromatic nitrogens is 2. The van der Waals surface area contributed by atoms with Crippen molar-refractivity contribution in [2.75, 3.05) is 16.5 Å². The minimum atomic E-state index is -0.380.